The number of nitrogens with zero attached hydrogens (tertiary/aromatic N) is 1. The van der Waals surface area contributed by atoms with Gasteiger partial charge in [0.2, 0.25) is 5.91 Å². The number of pyridine rings is 1. The number of nitrogens with two attached hydrogens (primary N) is 1. The van der Waals surface area contributed by atoms with E-state index in [4.69, 9.17) is 10.5 Å². The van der Waals surface area contributed by atoms with Crippen LogP contribution in [0.1, 0.15) is 25.5 Å². The minimum atomic E-state index is -0.0322. The Balaban J connectivity index is 0.00000180. The van der Waals surface area contributed by atoms with E-state index in [1.165, 1.54) is 0 Å². The summed E-state index contributed by atoms with van der Waals surface area (Å²) in [7, 11) is 0. The molecule has 2 rings (SSSR count). The first-order chi connectivity index (χ1) is 8.65. The number of hydrogen-bond acceptors (Lipinski definition) is 4. The average Bonchev–Trinajstić information content (AvgIpc) is 2.85. The van der Waals surface area contributed by atoms with E-state index in [1.807, 2.05) is 6.92 Å². The normalized spacial score (nSPS) is 19.5. The first kappa shape index (κ1) is 15.7. The van der Waals surface area contributed by atoms with Crippen LogP contribution in [0, 0.1) is 0 Å². The molecule has 1 saturated heterocycles. The Morgan fingerprint density at radius 3 is 3.00 bits per heavy atom. The van der Waals surface area contributed by atoms with E-state index in [2.05, 4.69) is 10.3 Å². The highest BCUT2D eigenvalue weighted by Crippen LogP contribution is 2.15. The third-order valence-corrected chi connectivity index (χ3v) is 3.10. The average molecular weight is 286 g/mol. The van der Waals surface area contributed by atoms with Gasteiger partial charge in [-0.3, -0.25) is 9.78 Å². The van der Waals surface area contributed by atoms with Crippen LogP contribution < -0.4 is 11.1 Å². The molecule has 0 spiro atoms. The van der Waals surface area contributed by atoms with Gasteiger partial charge in [0.1, 0.15) is 0 Å². The van der Waals surface area contributed by atoms with Crippen LogP contribution in [0.3, 0.4) is 0 Å². The van der Waals surface area contributed by atoms with E-state index >= 15 is 0 Å². The molecule has 6 heteroatoms. The first-order valence-corrected chi connectivity index (χ1v) is 6.26. The lowest BCUT2D eigenvalue weighted by atomic mass is 10.1. The van der Waals surface area contributed by atoms with E-state index in [0.717, 1.165) is 25.1 Å². The number of nitrogens with one attached hydrogen (secondary N) is 1. The van der Waals surface area contributed by atoms with E-state index in [-0.39, 0.29) is 36.9 Å². The number of carbonyl (C=O) groups excluding carboxylic acids is 1. The Labute approximate surface area is 119 Å². The highest BCUT2D eigenvalue weighted by molar-refractivity contribution is 5.85. The monoisotopic (exact) mass is 285 g/mol. The number of nitrogen functional groups attached to an aromatic ring is 1. The summed E-state index contributed by atoms with van der Waals surface area (Å²) in [5.74, 6) is -0.0322. The van der Waals surface area contributed by atoms with Crippen LogP contribution in [0.5, 0.6) is 0 Å². The predicted octanol–water partition coefficient (Wildman–Crippen LogP) is 1.31. The summed E-state index contributed by atoms with van der Waals surface area (Å²) in [5.41, 5.74) is 6.87. The number of rotatable bonds is 4. The molecule has 1 aliphatic heterocycles. The highest BCUT2D eigenvalue weighted by atomic mass is 35.5. The second kappa shape index (κ2) is 7.31. The minimum Gasteiger partial charge on any atom is -0.397 e. The van der Waals surface area contributed by atoms with Gasteiger partial charge in [-0.25, -0.2) is 0 Å². The van der Waals surface area contributed by atoms with Gasteiger partial charge in [-0.1, -0.05) is 0 Å². The fraction of sp³-hybridized carbons (Fsp3) is 0.538. The van der Waals surface area contributed by atoms with Gasteiger partial charge in [-0.15, -0.1) is 12.4 Å². The van der Waals surface area contributed by atoms with Gasteiger partial charge in [-0.05, 0) is 31.9 Å². The summed E-state index contributed by atoms with van der Waals surface area (Å²) < 4.78 is 5.53. The summed E-state index contributed by atoms with van der Waals surface area (Å²) in [6.45, 7) is 2.77. The summed E-state index contributed by atoms with van der Waals surface area (Å²) in [4.78, 5) is 15.9. The third kappa shape index (κ3) is 4.69. The number of halogens is 1. The molecular weight excluding hydrogens is 266 g/mol. The fourth-order valence-electron chi connectivity index (χ4n) is 2.10. The van der Waals surface area contributed by atoms with Crippen molar-refractivity contribution >= 4 is 24.0 Å². The Morgan fingerprint density at radius 1 is 1.63 bits per heavy atom. The molecule has 0 saturated carbocycles. The molecule has 0 radical (unpaired) electrons. The van der Waals surface area contributed by atoms with Gasteiger partial charge < -0.3 is 15.8 Å². The Morgan fingerprint density at radius 2 is 2.42 bits per heavy atom. The lowest BCUT2D eigenvalue weighted by Crippen LogP contribution is -2.41. The number of anilines is 1. The number of amides is 1. The van der Waals surface area contributed by atoms with E-state index in [1.54, 1.807) is 18.3 Å². The number of hydrogen-bond donors (Lipinski definition) is 2. The summed E-state index contributed by atoms with van der Waals surface area (Å²) in [6, 6.07) is 3.57. The van der Waals surface area contributed by atoms with Crippen LogP contribution in [0.4, 0.5) is 5.69 Å². The van der Waals surface area contributed by atoms with Crippen LogP contribution in [0.15, 0.2) is 18.3 Å². The van der Waals surface area contributed by atoms with Crippen molar-refractivity contribution in [1.82, 2.24) is 10.3 Å². The molecular formula is C13H20ClN3O2. The molecule has 0 bridgehead atoms. The molecule has 1 fully saturated rings. The van der Waals surface area contributed by atoms with Crippen molar-refractivity contribution < 1.29 is 9.53 Å². The van der Waals surface area contributed by atoms with Crippen molar-refractivity contribution in [3.05, 3.63) is 24.0 Å². The standard InChI is InChI=1S/C13H19N3O2.ClH/c1-9(12-3-2-6-18-12)16-13(17)7-11-5-4-10(14)8-15-11;/h4-5,8-9,12H,2-3,6-7,14H2,1H3,(H,16,17);1H. The van der Waals surface area contributed by atoms with E-state index in [9.17, 15) is 4.79 Å². The molecule has 1 amide bonds. The Kier molecular flexibility index (Phi) is 6.05. The molecule has 5 nitrogen and oxygen atoms in total. The maximum atomic E-state index is 11.8. The molecule has 0 aromatic carbocycles. The zero-order valence-corrected chi connectivity index (χ0v) is 11.8. The first-order valence-electron chi connectivity index (χ1n) is 6.26. The lowest BCUT2D eigenvalue weighted by Gasteiger charge is -2.19. The van der Waals surface area contributed by atoms with Gasteiger partial charge in [-0.2, -0.15) is 0 Å². The molecule has 2 unspecified atom stereocenters. The van der Waals surface area contributed by atoms with E-state index in [0.29, 0.717) is 5.69 Å². The SMILES string of the molecule is CC(NC(=O)Cc1ccc(N)cn1)C1CCCO1.Cl. The molecule has 2 atom stereocenters. The fourth-order valence-corrected chi connectivity index (χ4v) is 2.10. The summed E-state index contributed by atoms with van der Waals surface area (Å²) in [6.07, 6.45) is 4.07. The molecule has 1 aromatic heterocycles. The van der Waals surface area contributed by atoms with Crippen LogP contribution in [0.25, 0.3) is 0 Å². The van der Waals surface area contributed by atoms with Gasteiger partial charge in [0, 0.05) is 12.3 Å². The van der Waals surface area contributed by atoms with Gasteiger partial charge in [0.15, 0.2) is 0 Å². The van der Waals surface area contributed by atoms with Crippen LogP contribution in [-0.2, 0) is 16.0 Å². The quantitative estimate of drug-likeness (QED) is 0.874. The predicted molar refractivity (Wildman–Crippen MR) is 76.2 cm³/mol. The molecule has 1 aliphatic rings. The van der Waals surface area contributed by atoms with Crippen molar-refractivity contribution in [2.45, 2.75) is 38.3 Å². The third-order valence-electron chi connectivity index (χ3n) is 3.10. The highest BCUT2D eigenvalue weighted by Gasteiger charge is 2.23. The van der Waals surface area contributed by atoms with Crippen LogP contribution in [0.2, 0.25) is 0 Å². The Hall–Kier alpha value is -1.33. The van der Waals surface area contributed by atoms with Crippen molar-refractivity contribution in [3.8, 4) is 0 Å². The van der Waals surface area contributed by atoms with E-state index < -0.39 is 0 Å². The summed E-state index contributed by atoms with van der Waals surface area (Å²) >= 11 is 0. The van der Waals surface area contributed by atoms with Crippen LogP contribution in [-0.4, -0.2) is 29.6 Å². The summed E-state index contributed by atoms with van der Waals surface area (Å²) in [5, 5.41) is 2.95. The molecule has 1 aromatic rings. The minimum absolute atomic E-state index is 0. The molecule has 106 valence electrons. The molecule has 0 aliphatic carbocycles. The van der Waals surface area contributed by atoms with Gasteiger partial charge in [0.25, 0.3) is 0 Å². The van der Waals surface area contributed by atoms with Gasteiger partial charge in [0.05, 0.1) is 30.5 Å². The molecule has 2 heterocycles. The number of aromatic nitrogens is 1. The van der Waals surface area contributed by atoms with Crippen molar-refractivity contribution in [2.24, 2.45) is 0 Å². The lowest BCUT2D eigenvalue weighted by molar-refractivity contribution is -0.121. The maximum absolute atomic E-state index is 11.8. The Bertz CT molecular complexity index is 405. The van der Waals surface area contributed by atoms with Crippen molar-refractivity contribution in [1.29, 1.82) is 0 Å². The molecule has 3 N–H and O–H groups in total. The zero-order valence-electron chi connectivity index (χ0n) is 11.0. The molecule has 19 heavy (non-hydrogen) atoms. The maximum Gasteiger partial charge on any atom is 0.226 e. The van der Waals surface area contributed by atoms with Gasteiger partial charge >= 0.3 is 0 Å². The second-order valence-electron chi connectivity index (χ2n) is 4.67. The van der Waals surface area contributed by atoms with Crippen molar-refractivity contribution in [2.75, 3.05) is 12.3 Å². The largest absolute Gasteiger partial charge is 0.397 e. The van der Waals surface area contributed by atoms with Crippen LogP contribution >= 0.6 is 12.4 Å². The van der Waals surface area contributed by atoms with Crippen molar-refractivity contribution in [3.63, 3.8) is 0 Å². The topological polar surface area (TPSA) is 77.2 Å². The number of ether oxygens (including phenoxy) is 1. The number of carbonyl (C=O) groups is 1. The zero-order chi connectivity index (χ0) is 13.0. The second-order valence-corrected chi connectivity index (χ2v) is 4.67. The smallest absolute Gasteiger partial charge is 0.226 e.